The fourth-order valence-corrected chi connectivity index (χ4v) is 5.97. The average Bonchev–Trinajstić information content (AvgIpc) is 3.13. The zero-order valence-corrected chi connectivity index (χ0v) is 17.2. The number of hydrogen-bond acceptors (Lipinski definition) is 4. The number of nitrogens with one attached hydrogen (secondary N) is 1. The van der Waals surface area contributed by atoms with Crippen molar-refractivity contribution in [2.24, 2.45) is 0 Å². The molecule has 2 aromatic carbocycles. The van der Waals surface area contributed by atoms with Crippen LogP contribution in [0.3, 0.4) is 0 Å². The Morgan fingerprint density at radius 3 is 2.34 bits per heavy atom. The fourth-order valence-electron chi connectivity index (χ4n) is 4.14. The highest BCUT2D eigenvalue weighted by Gasteiger charge is 2.37. The molecule has 29 heavy (non-hydrogen) atoms. The van der Waals surface area contributed by atoms with Crippen LogP contribution in [0.4, 0.5) is 0 Å². The molecule has 2 fully saturated rings. The number of carbonyl (C=O) groups excluding carboxylic acids is 1. The lowest BCUT2D eigenvalue weighted by molar-refractivity contribution is -0.925. The lowest BCUT2D eigenvalue weighted by Crippen LogP contribution is -3.18. The molecular weight excluding hydrogens is 388 g/mol. The standard InChI is InChI=1S/C22H26N2O4S/c25-22(24-13-11-23(12-14-24)20-10-15-29(26,27)17-20)19-6-8-21(9-7-19)28-16-18-4-2-1-3-5-18/h1-9,20H,10-17H2/p+1/t20-/m1/s1. The van der Waals surface area contributed by atoms with Crippen LogP contribution in [0.5, 0.6) is 5.75 Å². The van der Waals surface area contributed by atoms with Crippen molar-refractivity contribution in [3.8, 4) is 5.75 Å². The van der Waals surface area contributed by atoms with E-state index in [1.807, 2.05) is 59.5 Å². The highest BCUT2D eigenvalue weighted by atomic mass is 32.2. The fraction of sp³-hybridized carbons (Fsp3) is 0.409. The molecule has 0 spiro atoms. The van der Waals surface area contributed by atoms with E-state index in [1.165, 1.54) is 4.90 Å². The first kappa shape index (κ1) is 19.9. The SMILES string of the molecule is O=C(c1ccc(OCc2ccccc2)cc1)N1CC[NH+]([C@@H]2CCS(=O)(=O)C2)CC1. The van der Waals surface area contributed by atoms with Gasteiger partial charge in [0.05, 0.1) is 31.9 Å². The van der Waals surface area contributed by atoms with Crippen LogP contribution < -0.4 is 9.64 Å². The molecule has 0 radical (unpaired) electrons. The van der Waals surface area contributed by atoms with Gasteiger partial charge in [0.1, 0.15) is 24.2 Å². The van der Waals surface area contributed by atoms with Gasteiger partial charge in [0.15, 0.2) is 9.84 Å². The van der Waals surface area contributed by atoms with E-state index in [1.54, 1.807) is 0 Å². The minimum Gasteiger partial charge on any atom is -0.489 e. The van der Waals surface area contributed by atoms with E-state index in [-0.39, 0.29) is 11.9 Å². The van der Waals surface area contributed by atoms with Gasteiger partial charge in [0.2, 0.25) is 0 Å². The number of ether oxygens (including phenoxy) is 1. The van der Waals surface area contributed by atoms with E-state index < -0.39 is 9.84 Å². The van der Waals surface area contributed by atoms with E-state index >= 15 is 0 Å². The molecule has 1 amide bonds. The molecule has 1 atom stereocenters. The lowest BCUT2D eigenvalue weighted by Gasteiger charge is -2.35. The molecule has 2 heterocycles. The summed E-state index contributed by atoms with van der Waals surface area (Å²) in [5.41, 5.74) is 1.76. The van der Waals surface area contributed by atoms with Gasteiger partial charge in [-0.2, -0.15) is 0 Å². The number of hydrogen-bond donors (Lipinski definition) is 1. The van der Waals surface area contributed by atoms with E-state index in [0.717, 1.165) is 30.8 Å². The van der Waals surface area contributed by atoms with E-state index in [2.05, 4.69) is 0 Å². The van der Waals surface area contributed by atoms with Gasteiger partial charge in [-0.05, 0) is 29.8 Å². The maximum atomic E-state index is 12.8. The van der Waals surface area contributed by atoms with Gasteiger partial charge in [-0.3, -0.25) is 4.79 Å². The Hall–Kier alpha value is -2.38. The molecule has 0 aromatic heterocycles. The van der Waals surface area contributed by atoms with Crippen LogP contribution in [0.25, 0.3) is 0 Å². The predicted octanol–water partition coefficient (Wildman–Crippen LogP) is 0.793. The predicted molar refractivity (Wildman–Crippen MR) is 111 cm³/mol. The monoisotopic (exact) mass is 415 g/mol. The summed E-state index contributed by atoms with van der Waals surface area (Å²) in [6.07, 6.45) is 0.746. The van der Waals surface area contributed by atoms with Crippen molar-refractivity contribution >= 4 is 15.7 Å². The van der Waals surface area contributed by atoms with E-state index in [9.17, 15) is 13.2 Å². The van der Waals surface area contributed by atoms with Crippen molar-refractivity contribution < 1.29 is 22.8 Å². The van der Waals surface area contributed by atoms with Crippen molar-refractivity contribution in [3.05, 3.63) is 65.7 Å². The Morgan fingerprint density at radius 1 is 1.03 bits per heavy atom. The van der Waals surface area contributed by atoms with Crippen LogP contribution in [0, 0.1) is 0 Å². The van der Waals surface area contributed by atoms with Crippen molar-refractivity contribution in [2.75, 3.05) is 37.7 Å². The highest BCUT2D eigenvalue weighted by Crippen LogP contribution is 2.16. The molecule has 0 saturated carbocycles. The molecule has 0 bridgehead atoms. The number of benzene rings is 2. The molecule has 2 saturated heterocycles. The Morgan fingerprint density at radius 2 is 1.72 bits per heavy atom. The lowest BCUT2D eigenvalue weighted by atomic mass is 10.1. The van der Waals surface area contributed by atoms with Crippen LogP contribution in [0.15, 0.2) is 54.6 Å². The second kappa shape index (κ2) is 8.55. The van der Waals surface area contributed by atoms with Gasteiger partial charge in [0.25, 0.3) is 5.91 Å². The maximum absolute atomic E-state index is 12.8. The molecule has 2 aliphatic rings. The first-order valence-corrected chi connectivity index (χ1v) is 11.9. The molecule has 4 rings (SSSR count). The number of rotatable bonds is 5. The number of piperazine rings is 1. The number of amides is 1. The van der Waals surface area contributed by atoms with Crippen molar-refractivity contribution in [3.63, 3.8) is 0 Å². The van der Waals surface area contributed by atoms with Crippen LogP contribution in [0.1, 0.15) is 22.3 Å². The normalized spacial score (nSPS) is 21.8. The molecule has 2 aliphatic heterocycles. The molecule has 0 unspecified atom stereocenters. The third kappa shape index (κ3) is 4.97. The van der Waals surface area contributed by atoms with Gasteiger partial charge < -0.3 is 14.5 Å². The second-order valence-corrected chi connectivity index (χ2v) is 10.1. The average molecular weight is 416 g/mol. The number of sulfone groups is 1. The third-order valence-electron chi connectivity index (χ3n) is 5.85. The van der Waals surface area contributed by atoms with E-state index in [0.29, 0.717) is 36.8 Å². The maximum Gasteiger partial charge on any atom is 0.254 e. The Labute approximate surface area is 172 Å². The highest BCUT2D eigenvalue weighted by molar-refractivity contribution is 7.91. The molecule has 154 valence electrons. The van der Waals surface area contributed by atoms with Gasteiger partial charge in [-0.25, -0.2) is 8.42 Å². The summed E-state index contributed by atoms with van der Waals surface area (Å²) in [6.45, 7) is 3.44. The molecule has 1 N–H and O–H groups in total. The summed E-state index contributed by atoms with van der Waals surface area (Å²) in [7, 11) is -2.86. The first-order valence-electron chi connectivity index (χ1n) is 10.1. The molecule has 7 heteroatoms. The number of quaternary nitrogens is 1. The van der Waals surface area contributed by atoms with E-state index in [4.69, 9.17) is 4.74 Å². The first-order chi connectivity index (χ1) is 14.0. The third-order valence-corrected chi connectivity index (χ3v) is 7.62. The number of carbonyl (C=O) groups is 1. The topological polar surface area (TPSA) is 68.1 Å². The smallest absolute Gasteiger partial charge is 0.254 e. The van der Waals surface area contributed by atoms with Gasteiger partial charge >= 0.3 is 0 Å². The summed E-state index contributed by atoms with van der Waals surface area (Å²) in [4.78, 5) is 16.0. The largest absolute Gasteiger partial charge is 0.489 e. The summed E-state index contributed by atoms with van der Waals surface area (Å²) in [5.74, 6) is 1.36. The molecule has 6 nitrogen and oxygen atoms in total. The summed E-state index contributed by atoms with van der Waals surface area (Å²) in [5, 5.41) is 0. The Balaban J connectivity index is 1.28. The van der Waals surface area contributed by atoms with Crippen LogP contribution in [-0.4, -0.2) is 63.0 Å². The molecule has 0 aliphatic carbocycles. The van der Waals surface area contributed by atoms with Crippen molar-refractivity contribution in [1.29, 1.82) is 0 Å². The minimum atomic E-state index is -2.86. The zero-order chi connectivity index (χ0) is 20.3. The second-order valence-electron chi connectivity index (χ2n) is 7.85. The van der Waals surface area contributed by atoms with Crippen LogP contribution in [0.2, 0.25) is 0 Å². The Kier molecular flexibility index (Phi) is 5.87. The van der Waals surface area contributed by atoms with Crippen molar-refractivity contribution in [1.82, 2.24) is 4.90 Å². The zero-order valence-electron chi connectivity index (χ0n) is 16.4. The summed E-state index contributed by atoms with van der Waals surface area (Å²) in [6, 6.07) is 17.4. The van der Waals surface area contributed by atoms with Crippen LogP contribution in [-0.2, 0) is 16.4 Å². The summed E-state index contributed by atoms with van der Waals surface area (Å²) >= 11 is 0. The van der Waals surface area contributed by atoms with Gasteiger partial charge in [0, 0.05) is 12.0 Å². The van der Waals surface area contributed by atoms with Gasteiger partial charge in [-0.15, -0.1) is 0 Å². The molecule has 2 aromatic rings. The molecular formula is C22H27N2O4S+. The minimum absolute atomic E-state index is 0.0257. The summed E-state index contributed by atoms with van der Waals surface area (Å²) < 4.78 is 29.2. The van der Waals surface area contributed by atoms with Gasteiger partial charge in [-0.1, -0.05) is 30.3 Å². The Bertz CT molecular complexity index is 937. The van der Waals surface area contributed by atoms with Crippen molar-refractivity contribution in [2.45, 2.75) is 19.1 Å². The van der Waals surface area contributed by atoms with Crippen LogP contribution >= 0.6 is 0 Å². The number of nitrogens with zero attached hydrogens (tertiary/aromatic N) is 1. The quantitative estimate of drug-likeness (QED) is 0.784.